The zero-order valence-corrected chi connectivity index (χ0v) is 8.64. The van der Waals surface area contributed by atoms with Crippen molar-refractivity contribution in [3.8, 4) is 0 Å². The van der Waals surface area contributed by atoms with Gasteiger partial charge in [0, 0.05) is 11.6 Å². The Morgan fingerprint density at radius 3 is 3.07 bits per heavy atom. The quantitative estimate of drug-likeness (QED) is 0.607. The summed E-state index contributed by atoms with van der Waals surface area (Å²) in [6.45, 7) is 4.31. The van der Waals surface area contributed by atoms with E-state index in [9.17, 15) is 0 Å². The molecule has 0 aliphatic heterocycles. The number of furan rings is 1. The van der Waals surface area contributed by atoms with E-state index in [2.05, 4.69) is 23.9 Å². The maximum Gasteiger partial charge on any atom is 0.199 e. The Morgan fingerprint density at radius 2 is 2.27 bits per heavy atom. The van der Waals surface area contributed by atoms with E-state index in [1.165, 1.54) is 5.56 Å². The van der Waals surface area contributed by atoms with Gasteiger partial charge in [0.2, 0.25) is 0 Å². The molecule has 0 spiro atoms. The molecule has 0 aliphatic rings. The van der Waals surface area contributed by atoms with Crippen molar-refractivity contribution in [3.05, 3.63) is 30.4 Å². The van der Waals surface area contributed by atoms with Gasteiger partial charge in [0.25, 0.3) is 0 Å². The third kappa shape index (κ3) is 1.08. The van der Waals surface area contributed by atoms with Gasteiger partial charge < -0.3 is 4.42 Å². The van der Waals surface area contributed by atoms with Gasteiger partial charge in [-0.3, -0.25) is 0 Å². The highest BCUT2D eigenvalue weighted by molar-refractivity contribution is 5.91. The average molecular weight is 201 g/mol. The normalized spacial score (nSPS) is 11.9. The topological polar surface area (TPSA) is 43.3 Å². The molecule has 0 unspecified atom stereocenters. The number of fused-ring (bicyclic) bond motifs is 3. The van der Waals surface area contributed by atoms with Crippen LogP contribution < -0.4 is 0 Å². The van der Waals surface area contributed by atoms with Crippen LogP contribution in [-0.2, 0) is 0 Å². The Kier molecular flexibility index (Phi) is 1.59. The van der Waals surface area contributed by atoms with Gasteiger partial charge in [-0.2, -0.15) is 5.10 Å². The summed E-state index contributed by atoms with van der Waals surface area (Å²) in [6, 6.07) is 1.99. The molecule has 3 aromatic heterocycles. The Balaban J connectivity index is 2.54. The largest absolute Gasteiger partial charge is 0.460 e. The zero-order valence-electron chi connectivity index (χ0n) is 8.64. The van der Waals surface area contributed by atoms with Crippen molar-refractivity contribution in [2.24, 2.45) is 0 Å². The molecule has 15 heavy (non-hydrogen) atoms. The monoisotopic (exact) mass is 201 g/mol. The second kappa shape index (κ2) is 2.82. The molecule has 4 nitrogen and oxygen atoms in total. The standard InChI is InChI=1S/C11H11N3O/c1-7(2)9-5-14-11(12-6-13-14)10-8(9)3-4-15-10/h3-7H,1-2H3. The van der Waals surface area contributed by atoms with Crippen molar-refractivity contribution in [2.45, 2.75) is 19.8 Å². The molecule has 0 radical (unpaired) electrons. The Bertz CT molecular complexity index is 621. The fourth-order valence-corrected chi connectivity index (χ4v) is 1.88. The summed E-state index contributed by atoms with van der Waals surface area (Å²) in [5.74, 6) is 0.443. The Morgan fingerprint density at radius 1 is 1.40 bits per heavy atom. The van der Waals surface area contributed by atoms with E-state index < -0.39 is 0 Å². The third-order valence-corrected chi connectivity index (χ3v) is 2.64. The molecule has 4 heteroatoms. The molecule has 0 amide bonds. The zero-order chi connectivity index (χ0) is 10.4. The summed E-state index contributed by atoms with van der Waals surface area (Å²) in [4.78, 5) is 4.18. The van der Waals surface area contributed by atoms with Gasteiger partial charge in [0.15, 0.2) is 11.2 Å². The average Bonchev–Trinajstić information content (AvgIpc) is 2.83. The van der Waals surface area contributed by atoms with Gasteiger partial charge in [0.1, 0.15) is 6.33 Å². The fourth-order valence-electron chi connectivity index (χ4n) is 1.88. The van der Waals surface area contributed by atoms with E-state index in [1.54, 1.807) is 17.1 Å². The minimum absolute atomic E-state index is 0.443. The molecule has 0 fully saturated rings. The van der Waals surface area contributed by atoms with Crippen molar-refractivity contribution in [3.63, 3.8) is 0 Å². The fraction of sp³-hybridized carbons (Fsp3) is 0.273. The van der Waals surface area contributed by atoms with Crippen LogP contribution in [0.3, 0.4) is 0 Å². The molecular weight excluding hydrogens is 190 g/mol. The van der Waals surface area contributed by atoms with E-state index in [-0.39, 0.29) is 0 Å². The lowest BCUT2D eigenvalue weighted by Gasteiger charge is -2.06. The van der Waals surface area contributed by atoms with Crippen LogP contribution in [0.2, 0.25) is 0 Å². The molecule has 0 aromatic carbocycles. The van der Waals surface area contributed by atoms with Gasteiger partial charge in [-0.1, -0.05) is 13.8 Å². The highest BCUT2D eigenvalue weighted by atomic mass is 16.3. The molecule has 0 atom stereocenters. The summed E-state index contributed by atoms with van der Waals surface area (Å²) in [5, 5.41) is 5.27. The van der Waals surface area contributed by atoms with Crippen molar-refractivity contribution >= 4 is 16.6 Å². The lowest BCUT2D eigenvalue weighted by molar-refractivity contribution is 0.615. The molecule has 0 saturated carbocycles. The molecule has 0 bridgehead atoms. The minimum Gasteiger partial charge on any atom is -0.460 e. The first-order chi connectivity index (χ1) is 7.27. The smallest absolute Gasteiger partial charge is 0.199 e. The van der Waals surface area contributed by atoms with Gasteiger partial charge in [-0.15, -0.1) is 0 Å². The van der Waals surface area contributed by atoms with E-state index in [0.717, 1.165) is 16.6 Å². The Hall–Kier alpha value is -1.84. The first kappa shape index (κ1) is 8.47. The highest BCUT2D eigenvalue weighted by Gasteiger charge is 2.12. The van der Waals surface area contributed by atoms with Gasteiger partial charge in [0.05, 0.1) is 6.26 Å². The van der Waals surface area contributed by atoms with Gasteiger partial charge in [-0.25, -0.2) is 9.50 Å². The molecule has 0 N–H and O–H groups in total. The number of hydrogen-bond acceptors (Lipinski definition) is 3. The molecule has 76 valence electrons. The van der Waals surface area contributed by atoms with E-state index in [0.29, 0.717) is 5.92 Å². The lowest BCUT2D eigenvalue weighted by Crippen LogP contribution is -1.95. The molecule has 3 rings (SSSR count). The minimum atomic E-state index is 0.443. The van der Waals surface area contributed by atoms with Crippen molar-refractivity contribution < 1.29 is 4.42 Å². The lowest BCUT2D eigenvalue weighted by atomic mass is 10.0. The first-order valence-electron chi connectivity index (χ1n) is 4.97. The summed E-state index contributed by atoms with van der Waals surface area (Å²) in [5.41, 5.74) is 2.83. The van der Waals surface area contributed by atoms with E-state index in [4.69, 9.17) is 4.42 Å². The summed E-state index contributed by atoms with van der Waals surface area (Å²) in [6.07, 6.45) is 5.26. The number of rotatable bonds is 1. The molecular formula is C11H11N3O. The molecule has 0 aliphatic carbocycles. The first-order valence-corrected chi connectivity index (χ1v) is 4.97. The Labute approximate surface area is 86.5 Å². The highest BCUT2D eigenvalue weighted by Crippen LogP contribution is 2.28. The van der Waals surface area contributed by atoms with E-state index in [1.807, 2.05) is 12.3 Å². The van der Waals surface area contributed by atoms with Crippen LogP contribution >= 0.6 is 0 Å². The third-order valence-electron chi connectivity index (χ3n) is 2.64. The summed E-state index contributed by atoms with van der Waals surface area (Å²) < 4.78 is 7.22. The summed E-state index contributed by atoms with van der Waals surface area (Å²) >= 11 is 0. The maximum atomic E-state index is 5.46. The van der Waals surface area contributed by atoms with Crippen molar-refractivity contribution in [1.82, 2.24) is 14.6 Å². The van der Waals surface area contributed by atoms with E-state index >= 15 is 0 Å². The molecule has 3 heterocycles. The number of nitrogens with zero attached hydrogens (tertiary/aromatic N) is 3. The number of pyridine rings is 1. The summed E-state index contributed by atoms with van der Waals surface area (Å²) in [7, 11) is 0. The van der Waals surface area contributed by atoms with Crippen molar-refractivity contribution in [1.29, 1.82) is 0 Å². The predicted molar refractivity (Wildman–Crippen MR) is 56.8 cm³/mol. The molecule has 3 aromatic rings. The van der Waals surface area contributed by atoms with Crippen LogP contribution in [0.1, 0.15) is 25.3 Å². The van der Waals surface area contributed by atoms with Crippen LogP contribution in [0, 0.1) is 0 Å². The SMILES string of the molecule is CC(C)c1cn2ncnc2c2occc12. The van der Waals surface area contributed by atoms with Gasteiger partial charge >= 0.3 is 0 Å². The van der Waals surface area contributed by atoms with Crippen LogP contribution in [0.4, 0.5) is 0 Å². The van der Waals surface area contributed by atoms with Gasteiger partial charge in [-0.05, 0) is 17.5 Å². The molecule has 0 saturated heterocycles. The van der Waals surface area contributed by atoms with Crippen LogP contribution in [0.15, 0.2) is 29.3 Å². The predicted octanol–water partition coefficient (Wildman–Crippen LogP) is 2.60. The second-order valence-electron chi connectivity index (χ2n) is 3.93. The van der Waals surface area contributed by atoms with Crippen LogP contribution in [-0.4, -0.2) is 14.6 Å². The van der Waals surface area contributed by atoms with Crippen LogP contribution in [0.5, 0.6) is 0 Å². The maximum absolute atomic E-state index is 5.46. The second-order valence-corrected chi connectivity index (χ2v) is 3.93. The number of aromatic nitrogens is 3. The van der Waals surface area contributed by atoms with Crippen molar-refractivity contribution in [2.75, 3.05) is 0 Å². The number of hydrogen-bond donors (Lipinski definition) is 0. The van der Waals surface area contributed by atoms with Crippen LogP contribution in [0.25, 0.3) is 16.6 Å².